The molecule has 22 heavy (non-hydrogen) atoms. The number of carbonyl (C=O) groups excluding carboxylic acids is 1. The summed E-state index contributed by atoms with van der Waals surface area (Å²) in [7, 11) is 0. The zero-order valence-corrected chi connectivity index (χ0v) is 12.4. The molecule has 1 fully saturated rings. The molecular formula is C16H21NO5. The fourth-order valence-corrected chi connectivity index (χ4v) is 2.52. The van der Waals surface area contributed by atoms with Gasteiger partial charge in [0.1, 0.15) is 6.61 Å². The number of carbonyl (C=O) groups is 2. The third-order valence-electron chi connectivity index (χ3n) is 3.68. The van der Waals surface area contributed by atoms with Crippen LogP contribution in [0.5, 0.6) is 0 Å². The summed E-state index contributed by atoms with van der Waals surface area (Å²) in [5, 5.41) is 11.7. The molecule has 2 N–H and O–H groups in total. The van der Waals surface area contributed by atoms with E-state index < -0.39 is 18.1 Å². The van der Waals surface area contributed by atoms with Crippen molar-refractivity contribution < 1.29 is 24.2 Å². The lowest BCUT2D eigenvalue weighted by Gasteiger charge is -2.29. The second-order valence-corrected chi connectivity index (χ2v) is 5.39. The van der Waals surface area contributed by atoms with Gasteiger partial charge in [-0.2, -0.15) is 0 Å². The number of benzene rings is 1. The first kappa shape index (κ1) is 16.3. The summed E-state index contributed by atoms with van der Waals surface area (Å²) in [4.78, 5) is 22.9. The molecule has 2 rings (SSSR count). The average molecular weight is 307 g/mol. The van der Waals surface area contributed by atoms with Gasteiger partial charge in [0.05, 0.1) is 13.0 Å². The highest BCUT2D eigenvalue weighted by Gasteiger charge is 2.28. The fourth-order valence-electron chi connectivity index (χ4n) is 2.52. The van der Waals surface area contributed by atoms with Gasteiger partial charge in [-0.1, -0.05) is 30.3 Å². The SMILES string of the molecule is O=C(O)C[C@@H](NC(=O)OCc1ccccc1)C1CCCOC1. The number of nitrogens with one attached hydrogen (secondary N) is 1. The number of carboxylic acids is 1. The molecule has 0 spiro atoms. The van der Waals surface area contributed by atoms with Crippen LogP contribution in [0, 0.1) is 5.92 Å². The fraction of sp³-hybridized carbons (Fsp3) is 0.500. The standard InChI is InChI=1S/C16H21NO5/c18-15(19)9-14(13-7-4-8-21-11-13)17-16(20)22-10-12-5-2-1-3-6-12/h1-3,5-6,13-14H,4,7-11H2,(H,17,20)(H,18,19)/t13?,14-/m1/s1. The van der Waals surface area contributed by atoms with E-state index in [1.54, 1.807) is 0 Å². The van der Waals surface area contributed by atoms with Crippen LogP contribution in [0.1, 0.15) is 24.8 Å². The zero-order valence-electron chi connectivity index (χ0n) is 12.4. The Bertz CT molecular complexity index is 485. The van der Waals surface area contributed by atoms with Crippen molar-refractivity contribution in [2.75, 3.05) is 13.2 Å². The molecule has 1 heterocycles. The largest absolute Gasteiger partial charge is 0.481 e. The molecule has 6 nitrogen and oxygen atoms in total. The Kier molecular flexibility index (Phi) is 6.21. The number of alkyl carbamates (subject to hydrolysis) is 1. The van der Waals surface area contributed by atoms with Crippen LogP contribution in [0.25, 0.3) is 0 Å². The van der Waals surface area contributed by atoms with Crippen molar-refractivity contribution in [3.05, 3.63) is 35.9 Å². The highest BCUT2D eigenvalue weighted by atomic mass is 16.5. The van der Waals surface area contributed by atoms with E-state index in [9.17, 15) is 9.59 Å². The Morgan fingerprint density at radius 1 is 1.36 bits per heavy atom. The van der Waals surface area contributed by atoms with E-state index in [-0.39, 0.29) is 18.9 Å². The first-order chi connectivity index (χ1) is 10.6. The Morgan fingerprint density at radius 3 is 2.77 bits per heavy atom. The molecule has 120 valence electrons. The molecule has 1 aliphatic heterocycles. The number of aliphatic carboxylic acids is 1. The third-order valence-corrected chi connectivity index (χ3v) is 3.68. The summed E-state index contributed by atoms with van der Waals surface area (Å²) >= 11 is 0. The van der Waals surface area contributed by atoms with Crippen LogP contribution in [0.15, 0.2) is 30.3 Å². The first-order valence-electron chi connectivity index (χ1n) is 7.42. The minimum absolute atomic E-state index is 0.00845. The van der Waals surface area contributed by atoms with Crippen molar-refractivity contribution in [3.63, 3.8) is 0 Å². The number of hydrogen-bond donors (Lipinski definition) is 2. The third kappa shape index (κ3) is 5.37. The van der Waals surface area contributed by atoms with Crippen molar-refractivity contribution >= 4 is 12.1 Å². The van der Waals surface area contributed by atoms with Gasteiger partial charge in [0.15, 0.2) is 0 Å². The van der Waals surface area contributed by atoms with Crippen LogP contribution >= 0.6 is 0 Å². The molecule has 1 aromatic rings. The molecule has 0 aliphatic carbocycles. The lowest BCUT2D eigenvalue weighted by Crippen LogP contribution is -2.44. The van der Waals surface area contributed by atoms with Crippen LogP contribution in [-0.2, 0) is 20.9 Å². The van der Waals surface area contributed by atoms with Crippen LogP contribution in [-0.4, -0.2) is 36.4 Å². The maximum atomic E-state index is 11.9. The minimum atomic E-state index is -0.945. The Morgan fingerprint density at radius 2 is 2.14 bits per heavy atom. The summed E-state index contributed by atoms with van der Waals surface area (Å²) in [6.07, 6.45) is 0.994. The summed E-state index contributed by atoms with van der Waals surface area (Å²) < 4.78 is 10.5. The van der Waals surface area contributed by atoms with Gasteiger partial charge in [0.25, 0.3) is 0 Å². The van der Waals surface area contributed by atoms with Gasteiger partial charge in [-0.05, 0) is 18.4 Å². The van der Waals surface area contributed by atoms with E-state index >= 15 is 0 Å². The maximum Gasteiger partial charge on any atom is 0.407 e. The van der Waals surface area contributed by atoms with Crippen molar-refractivity contribution in [1.29, 1.82) is 0 Å². The molecule has 0 radical (unpaired) electrons. The van der Waals surface area contributed by atoms with E-state index in [4.69, 9.17) is 14.6 Å². The van der Waals surface area contributed by atoms with Gasteiger partial charge in [-0.15, -0.1) is 0 Å². The number of hydrogen-bond acceptors (Lipinski definition) is 4. The predicted molar refractivity (Wildman–Crippen MR) is 79.3 cm³/mol. The van der Waals surface area contributed by atoms with Crippen LogP contribution in [0.3, 0.4) is 0 Å². The first-order valence-corrected chi connectivity index (χ1v) is 7.42. The maximum absolute atomic E-state index is 11.9. The number of amides is 1. The van der Waals surface area contributed by atoms with Crippen LogP contribution < -0.4 is 5.32 Å². The molecule has 0 aromatic heterocycles. The molecule has 0 saturated carbocycles. The summed E-state index contributed by atoms with van der Waals surface area (Å²) in [6, 6.07) is 8.86. The molecule has 1 aromatic carbocycles. The van der Waals surface area contributed by atoms with E-state index in [0.717, 1.165) is 18.4 Å². The van der Waals surface area contributed by atoms with Gasteiger partial charge in [0, 0.05) is 18.6 Å². The molecule has 0 bridgehead atoms. The van der Waals surface area contributed by atoms with E-state index in [2.05, 4.69) is 5.32 Å². The smallest absolute Gasteiger partial charge is 0.407 e. The summed E-state index contributed by atoms with van der Waals surface area (Å²) in [6.45, 7) is 1.32. The quantitative estimate of drug-likeness (QED) is 0.841. The highest BCUT2D eigenvalue weighted by Crippen LogP contribution is 2.20. The van der Waals surface area contributed by atoms with E-state index in [0.29, 0.717) is 13.2 Å². The van der Waals surface area contributed by atoms with Crippen molar-refractivity contribution in [1.82, 2.24) is 5.32 Å². The van der Waals surface area contributed by atoms with Crippen molar-refractivity contribution in [2.45, 2.75) is 31.9 Å². The summed E-state index contributed by atoms with van der Waals surface area (Å²) in [5.41, 5.74) is 0.883. The topological polar surface area (TPSA) is 84.9 Å². The van der Waals surface area contributed by atoms with Crippen molar-refractivity contribution in [3.8, 4) is 0 Å². The highest BCUT2D eigenvalue weighted by molar-refractivity contribution is 5.71. The van der Waals surface area contributed by atoms with Crippen LogP contribution in [0.4, 0.5) is 4.79 Å². The lowest BCUT2D eigenvalue weighted by molar-refractivity contribution is -0.138. The minimum Gasteiger partial charge on any atom is -0.481 e. The molecule has 6 heteroatoms. The Balaban J connectivity index is 1.85. The predicted octanol–water partition coefficient (Wildman–Crippen LogP) is 2.18. The molecule has 1 amide bonds. The van der Waals surface area contributed by atoms with Gasteiger partial charge >= 0.3 is 12.1 Å². The van der Waals surface area contributed by atoms with E-state index in [1.807, 2.05) is 30.3 Å². The van der Waals surface area contributed by atoms with Crippen LogP contribution in [0.2, 0.25) is 0 Å². The Hall–Kier alpha value is -2.08. The lowest BCUT2D eigenvalue weighted by atomic mass is 9.91. The van der Waals surface area contributed by atoms with E-state index in [1.165, 1.54) is 0 Å². The monoisotopic (exact) mass is 307 g/mol. The molecule has 2 atom stereocenters. The molecule has 1 aliphatic rings. The second kappa shape index (κ2) is 8.38. The zero-order chi connectivity index (χ0) is 15.8. The summed E-state index contributed by atoms with van der Waals surface area (Å²) in [5.74, 6) is -0.937. The normalized spacial score (nSPS) is 19.2. The average Bonchev–Trinajstić information content (AvgIpc) is 2.54. The second-order valence-electron chi connectivity index (χ2n) is 5.39. The Labute approximate surface area is 129 Å². The van der Waals surface area contributed by atoms with Crippen molar-refractivity contribution in [2.24, 2.45) is 5.92 Å². The van der Waals surface area contributed by atoms with Gasteiger partial charge in [0.2, 0.25) is 0 Å². The van der Waals surface area contributed by atoms with Gasteiger partial charge in [-0.25, -0.2) is 4.79 Å². The van der Waals surface area contributed by atoms with Gasteiger partial charge in [-0.3, -0.25) is 4.79 Å². The number of ether oxygens (including phenoxy) is 2. The molecule has 1 unspecified atom stereocenters. The number of rotatable bonds is 6. The molecule has 1 saturated heterocycles. The molecular weight excluding hydrogens is 286 g/mol. The van der Waals surface area contributed by atoms with Gasteiger partial charge < -0.3 is 19.9 Å². The number of carboxylic acid groups (broad SMARTS) is 1.